The molecule has 1 atom stereocenters. The molecule has 0 bridgehead atoms. The van der Waals surface area contributed by atoms with E-state index < -0.39 is 6.10 Å². The number of ether oxygens (including phenoxy) is 4. The van der Waals surface area contributed by atoms with Crippen molar-refractivity contribution in [2.45, 2.75) is 32.9 Å². The van der Waals surface area contributed by atoms with Crippen molar-refractivity contribution < 1.29 is 23.7 Å². The van der Waals surface area contributed by atoms with E-state index in [0.29, 0.717) is 17.2 Å². The molecule has 0 radical (unpaired) electrons. The van der Waals surface area contributed by atoms with Crippen LogP contribution in [0.2, 0.25) is 0 Å². The summed E-state index contributed by atoms with van der Waals surface area (Å²) in [6, 6.07) is 11.3. The van der Waals surface area contributed by atoms with E-state index >= 15 is 0 Å². The van der Waals surface area contributed by atoms with Crippen LogP contribution in [-0.4, -0.2) is 33.3 Å². The van der Waals surface area contributed by atoms with Gasteiger partial charge in [-0.1, -0.05) is 25.1 Å². The second kappa shape index (κ2) is 9.71. The van der Waals surface area contributed by atoms with Crippen molar-refractivity contribution in [3.8, 4) is 23.0 Å². The van der Waals surface area contributed by atoms with Gasteiger partial charge in [-0.3, -0.25) is 4.79 Å². The van der Waals surface area contributed by atoms with Crippen LogP contribution in [0.1, 0.15) is 25.0 Å². The molecule has 0 heterocycles. The first-order valence-corrected chi connectivity index (χ1v) is 8.85. The summed E-state index contributed by atoms with van der Waals surface area (Å²) in [5.74, 6) is 2.11. The van der Waals surface area contributed by atoms with E-state index in [0.717, 1.165) is 23.3 Å². The standard InChI is InChI=1S/C21H27NO5/c1-6-15-9-7-8-10-17(15)27-14(2)21(23)22-13-16-11-12-18(24-3)20(26-5)19(16)25-4/h7-12,14H,6,13H2,1-5H3,(H,22,23)/t14-/m0/s1. The van der Waals surface area contributed by atoms with E-state index in [-0.39, 0.29) is 12.5 Å². The highest BCUT2D eigenvalue weighted by molar-refractivity contribution is 5.80. The lowest BCUT2D eigenvalue weighted by atomic mass is 10.1. The summed E-state index contributed by atoms with van der Waals surface area (Å²) in [4.78, 5) is 12.5. The molecule has 6 nitrogen and oxygen atoms in total. The van der Waals surface area contributed by atoms with Crippen LogP contribution in [0.15, 0.2) is 36.4 Å². The molecule has 0 aliphatic rings. The monoisotopic (exact) mass is 373 g/mol. The Bertz CT molecular complexity index is 775. The molecule has 6 heteroatoms. The summed E-state index contributed by atoms with van der Waals surface area (Å²) in [6.07, 6.45) is 0.219. The number of hydrogen-bond donors (Lipinski definition) is 1. The molecule has 0 unspecified atom stereocenters. The summed E-state index contributed by atoms with van der Waals surface area (Å²) in [7, 11) is 4.66. The lowest BCUT2D eigenvalue weighted by Crippen LogP contribution is -2.36. The molecule has 0 spiro atoms. The number of carbonyl (C=O) groups excluding carboxylic acids is 1. The molecule has 2 rings (SSSR count). The Balaban J connectivity index is 2.06. The van der Waals surface area contributed by atoms with Gasteiger partial charge in [0.2, 0.25) is 5.75 Å². The Hall–Kier alpha value is -2.89. The zero-order valence-corrected chi connectivity index (χ0v) is 16.5. The molecule has 2 aromatic rings. The van der Waals surface area contributed by atoms with Gasteiger partial charge in [0.05, 0.1) is 21.3 Å². The fourth-order valence-corrected chi connectivity index (χ4v) is 2.78. The molecule has 0 aromatic heterocycles. The number of para-hydroxylation sites is 1. The number of amides is 1. The van der Waals surface area contributed by atoms with E-state index in [2.05, 4.69) is 12.2 Å². The highest BCUT2D eigenvalue weighted by atomic mass is 16.5. The molecule has 27 heavy (non-hydrogen) atoms. The lowest BCUT2D eigenvalue weighted by Gasteiger charge is -2.18. The molecule has 146 valence electrons. The summed E-state index contributed by atoms with van der Waals surface area (Å²) >= 11 is 0. The number of benzene rings is 2. The Kier molecular flexibility index (Phi) is 7.34. The summed E-state index contributed by atoms with van der Waals surface area (Å²) < 4.78 is 21.9. The molecule has 0 saturated carbocycles. The van der Waals surface area contributed by atoms with Gasteiger partial charge in [0.1, 0.15) is 5.75 Å². The zero-order chi connectivity index (χ0) is 19.8. The predicted molar refractivity (Wildman–Crippen MR) is 104 cm³/mol. The predicted octanol–water partition coefficient (Wildman–Crippen LogP) is 3.36. The van der Waals surface area contributed by atoms with Gasteiger partial charge < -0.3 is 24.3 Å². The van der Waals surface area contributed by atoms with E-state index in [1.165, 1.54) is 0 Å². The van der Waals surface area contributed by atoms with Crippen LogP contribution in [0.4, 0.5) is 0 Å². The van der Waals surface area contributed by atoms with E-state index in [4.69, 9.17) is 18.9 Å². The van der Waals surface area contributed by atoms with Gasteiger partial charge in [-0.2, -0.15) is 0 Å². The summed E-state index contributed by atoms with van der Waals surface area (Å²) in [6.45, 7) is 4.06. The first-order chi connectivity index (χ1) is 13.0. The van der Waals surface area contributed by atoms with Crippen molar-refractivity contribution in [2.75, 3.05) is 21.3 Å². The van der Waals surface area contributed by atoms with Crippen molar-refractivity contribution in [1.29, 1.82) is 0 Å². The Morgan fingerprint density at radius 2 is 1.63 bits per heavy atom. The highest BCUT2D eigenvalue weighted by Crippen LogP contribution is 2.39. The molecular formula is C21H27NO5. The van der Waals surface area contributed by atoms with Crippen molar-refractivity contribution in [1.82, 2.24) is 5.32 Å². The van der Waals surface area contributed by atoms with Crippen LogP contribution in [-0.2, 0) is 17.8 Å². The lowest BCUT2D eigenvalue weighted by molar-refractivity contribution is -0.127. The SMILES string of the molecule is CCc1ccccc1O[C@@H](C)C(=O)NCc1ccc(OC)c(OC)c1OC. The molecule has 0 fully saturated rings. The minimum Gasteiger partial charge on any atom is -0.493 e. The number of methoxy groups -OCH3 is 3. The second-order valence-corrected chi connectivity index (χ2v) is 5.93. The van der Waals surface area contributed by atoms with E-state index in [1.54, 1.807) is 34.3 Å². The van der Waals surface area contributed by atoms with Gasteiger partial charge in [0.25, 0.3) is 5.91 Å². The number of rotatable bonds is 9. The smallest absolute Gasteiger partial charge is 0.261 e. The quantitative estimate of drug-likeness (QED) is 0.730. The van der Waals surface area contributed by atoms with E-state index in [9.17, 15) is 4.79 Å². The summed E-state index contributed by atoms with van der Waals surface area (Å²) in [5.41, 5.74) is 1.85. The number of hydrogen-bond acceptors (Lipinski definition) is 5. The Morgan fingerprint density at radius 3 is 2.26 bits per heavy atom. The van der Waals surface area contributed by atoms with Crippen LogP contribution in [0.5, 0.6) is 23.0 Å². The normalized spacial score (nSPS) is 11.4. The third-order valence-corrected chi connectivity index (χ3v) is 4.27. The van der Waals surface area contributed by atoms with Gasteiger partial charge in [0, 0.05) is 12.1 Å². The molecule has 1 amide bonds. The van der Waals surface area contributed by atoms with E-state index in [1.807, 2.05) is 30.3 Å². The van der Waals surface area contributed by atoms with Gasteiger partial charge in [-0.25, -0.2) is 0 Å². The third kappa shape index (κ3) is 4.84. The topological polar surface area (TPSA) is 66.0 Å². The van der Waals surface area contributed by atoms with Crippen molar-refractivity contribution in [3.05, 3.63) is 47.5 Å². The fourth-order valence-electron chi connectivity index (χ4n) is 2.78. The van der Waals surface area contributed by atoms with Crippen LogP contribution >= 0.6 is 0 Å². The zero-order valence-electron chi connectivity index (χ0n) is 16.5. The van der Waals surface area contributed by atoms with Crippen molar-refractivity contribution in [3.63, 3.8) is 0 Å². The number of aryl methyl sites for hydroxylation is 1. The minimum absolute atomic E-state index is 0.210. The average molecular weight is 373 g/mol. The minimum atomic E-state index is -0.621. The van der Waals surface area contributed by atoms with Crippen LogP contribution in [0.3, 0.4) is 0 Å². The maximum absolute atomic E-state index is 12.5. The number of nitrogens with one attached hydrogen (secondary N) is 1. The molecule has 1 N–H and O–H groups in total. The number of carbonyl (C=O) groups is 1. The van der Waals surface area contributed by atoms with Crippen molar-refractivity contribution in [2.24, 2.45) is 0 Å². The molecule has 2 aromatic carbocycles. The summed E-state index contributed by atoms with van der Waals surface area (Å²) in [5, 5.41) is 2.88. The average Bonchev–Trinajstić information content (AvgIpc) is 2.71. The van der Waals surface area contributed by atoms with Gasteiger partial charge in [-0.05, 0) is 37.1 Å². The maximum atomic E-state index is 12.5. The second-order valence-electron chi connectivity index (χ2n) is 5.93. The largest absolute Gasteiger partial charge is 0.493 e. The van der Waals surface area contributed by atoms with Gasteiger partial charge in [0.15, 0.2) is 17.6 Å². The Morgan fingerprint density at radius 1 is 0.926 bits per heavy atom. The van der Waals surface area contributed by atoms with Gasteiger partial charge >= 0.3 is 0 Å². The third-order valence-electron chi connectivity index (χ3n) is 4.27. The first kappa shape index (κ1) is 20.4. The van der Waals surface area contributed by atoms with Gasteiger partial charge in [-0.15, -0.1) is 0 Å². The first-order valence-electron chi connectivity index (χ1n) is 8.85. The maximum Gasteiger partial charge on any atom is 0.261 e. The molecular weight excluding hydrogens is 346 g/mol. The molecule has 0 saturated heterocycles. The highest BCUT2D eigenvalue weighted by Gasteiger charge is 2.19. The van der Waals surface area contributed by atoms with Crippen LogP contribution in [0, 0.1) is 0 Å². The fraction of sp³-hybridized carbons (Fsp3) is 0.381. The van der Waals surface area contributed by atoms with Crippen LogP contribution < -0.4 is 24.3 Å². The Labute approximate surface area is 160 Å². The van der Waals surface area contributed by atoms with Crippen molar-refractivity contribution >= 4 is 5.91 Å². The molecule has 0 aliphatic heterocycles. The van der Waals surface area contributed by atoms with Crippen LogP contribution in [0.25, 0.3) is 0 Å². The molecule has 0 aliphatic carbocycles.